The second-order valence-electron chi connectivity index (χ2n) is 7.95. The number of ether oxygens (including phenoxy) is 1. The Hall–Kier alpha value is -2.87. The lowest BCUT2D eigenvalue weighted by molar-refractivity contribution is -0.136. The molecule has 0 bridgehead atoms. The van der Waals surface area contributed by atoms with Gasteiger partial charge in [-0.1, -0.05) is 30.3 Å². The maximum Gasteiger partial charge on any atom is 0.328 e. The summed E-state index contributed by atoms with van der Waals surface area (Å²) in [6.45, 7) is 5.84. The van der Waals surface area contributed by atoms with E-state index in [-0.39, 0.29) is 11.9 Å². The zero-order valence-electron chi connectivity index (χ0n) is 18.0. The number of fused-ring (bicyclic) bond motifs is 3. The molecule has 2 unspecified atom stereocenters. The maximum absolute atomic E-state index is 13.4. The van der Waals surface area contributed by atoms with Crippen LogP contribution in [0.5, 0.6) is 0 Å². The first kappa shape index (κ1) is 20.4. The fourth-order valence-electron chi connectivity index (χ4n) is 4.41. The molecule has 2 atom stereocenters. The molecule has 0 saturated carbocycles. The zero-order chi connectivity index (χ0) is 21.4. The average Bonchev–Trinajstić information content (AvgIpc) is 3.24. The zero-order valence-corrected chi connectivity index (χ0v) is 18.0. The number of allylic oxidation sites excluding steroid dienone is 2. The van der Waals surface area contributed by atoms with Crippen LogP contribution in [0.4, 0.5) is 4.79 Å². The van der Waals surface area contributed by atoms with Crippen LogP contribution in [-0.4, -0.2) is 83.6 Å². The lowest BCUT2D eigenvalue weighted by atomic mass is 10.1. The summed E-state index contributed by atoms with van der Waals surface area (Å²) in [5.41, 5.74) is 3.20. The lowest BCUT2D eigenvalue weighted by Gasteiger charge is -2.40. The number of amides is 3. The quantitative estimate of drug-likeness (QED) is 0.643. The first-order valence-corrected chi connectivity index (χ1v) is 10.4. The van der Waals surface area contributed by atoms with Crippen molar-refractivity contribution in [2.45, 2.75) is 38.9 Å². The molecule has 0 N–H and O–H groups in total. The molecule has 1 saturated heterocycles. The number of rotatable bonds is 7. The van der Waals surface area contributed by atoms with Crippen molar-refractivity contribution in [1.29, 1.82) is 0 Å². The Kier molecular flexibility index (Phi) is 5.51. The minimum Gasteiger partial charge on any atom is -0.385 e. The van der Waals surface area contributed by atoms with Crippen molar-refractivity contribution >= 4 is 17.9 Å². The number of imide groups is 1. The van der Waals surface area contributed by atoms with Crippen molar-refractivity contribution in [2.75, 3.05) is 33.9 Å². The van der Waals surface area contributed by atoms with Crippen LogP contribution in [0.1, 0.15) is 25.8 Å². The van der Waals surface area contributed by atoms with Crippen molar-refractivity contribution in [1.82, 2.24) is 19.6 Å². The van der Waals surface area contributed by atoms with Crippen LogP contribution in [0.3, 0.4) is 0 Å². The minimum absolute atomic E-state index is 0.177. The van der Waals surface area contributed by atoms with E-state index < -0.39 is 12.2 Å². The van der Waals surface area contributed by atoms with Crippen LogP contribution in [0.25, 0.3) is 0 Å². The van der Waals surface area contributed by atoms with Gasteiger partial charge in [0.05, 0.1) is 0 Å². The Labute approximate surface area is 177 Å². The van der Waals surface area contributed by atoms with Gasteiger partial charge in [0.25, 0.3) is 5.91 Å². The normalized spacial score (nSPS) is 23.4. The maximum atomic E-state index is 13.4. The molecule has 0 spiro atoms. The third-order valence-corrected chi connectivity index (χ3v) is 6.20. The van der Waals surface area contributed by atoms with Crippen LogP contribution >= 0.6 is 0 Å². The van der Waals surface area contributed by atoms with Gasteiger partial charge in [-0.15, -0.1) is 0 Å². The molecule has 8 nitrogen and oxygen atoms in total. The fourth-order valence-corrected chi connectivity index (χ4v) is 4.41. The van der Waals surface area contributed by atoms with Gasteiger partial charge >= 0.3 is 6.03 Å². The Morgan fingerprint density at radius 2 is 1.77 bits per heavy atom. The molecule has 3 heterocycles. The van der Waals surface area contributed by atoms with E-state index in [0.29, 0.717) is 19.6 Å². The number of urea groups is 1. The summed E-state index contributed by atoms with van der Waals surface area (Å²) in [5.74, 6) is 0.581. The number of benzene rings is 1. The molecule has 3 amide bonds. The number of methoxy groups -OCH3 is 1. The van der Waals surface area contributed by atoms with Crippen LogP contribution in [-0.2, 0) is 16.0 Å². The molecule has 1 fully saturated rings. The first-order valence-electron chi connectivity index (χ1n) is 10.4. The summed E-state index contributed by atoms with van der Waals surface area (Å²) in [5, 5.41) is 0. The SMILES string of the molecule is COCCCN1C2=NC3C(C(=O)N(CCc4ccccc4)C(=O)N3C)N2C(C)=C1C. The van der Waals surface area contributed by atoms with Gasteiger partial charge in [0.1, 0.15) is 0 Å². The van der Waals surface area contributed by atoms with Crippen LogP contribution in [0, 0.1) is 0 Å². The molecule has 0 radical (unpaired) electrons. The van der Waals surface area contributed by atoms with E-state index in [1.165, 1.54) is 4.90 Å². The summed E-state index contributed by atoms with van der Waals surface area (Å²) in [6.07, 6.45) is 0.990. The van der Waals surface area contributed by atoms with Gasteiger partial charge in [-0.2, -0.15) is 0 Å². The van der Waals surface area contributed by atoms with Gasteiger partial charge in [0.15, 0.2) is 12.2 Å². The number of hydrogen-bond acceptors (Lipinski definition) is 6. The second-order valence-corrected chi connectivity index (χ2v) is 7.95. The molecule has 3 aliphatic heterocycles. The highest BCUT2D eigenvalue weighted by Gasteiger charge is 2.55. The average molecular weight is 412 g/mol. The van der Waals surface area contributed by atoms with E-state index in [1.807, 2.05) is 49.1 Å². The number of likely N-dealkylation sites (N-methyl/N-ethyl adjacent to an activating group) is 1. The van der Waals surface area contributed by atoms with Crippen molar-refractivity contribution in [3.63, 3.8) is 0 Å². The third kappa shape index (κ3) is 3.25. The molecule has 160 valence electrons. The van der Waals surface area contributed by atoms with E-state index >= 15 is 0 Å². The third-order valence-electron chi connectivity index (χ3n) is 6.20. The monoisotopic (exact) mass is 411 g/mol. The molecule has 1 aromatic carbocycles. The number of hydrogen-bond donors (Lipinski definition) is 0. The molecule has 30 heavy (non-hydrogen) atoms. The van der Waals surface area contributed by atoms with Gasteiger partial charge in [0.2, 0.25) is 5.96 Å². The Bertz CT molecular complexity index is 897. The topological polar surface area (TPSA) is 68.7 Å². The van der Waals surface area contributed by atoms with Crippen LogP contribution < -0.4 is 0 Å². The van der Waals surface area contributed by atoms with Gasteiger partial charge in [0, 0.05) is 45.2 Å². The van der Waals surface area contributed by atoms with Gasteiger partial charge < -0.3 is 14.5 Å². The standard InChI is InChI=1S/C22H29N5O3/c1-15-16(2)27-18-19(23-21(27)25(15)12-8-14-30-4)24(3)22(29)26(20(18)28)13-11-17-9-6-5-7-10-17/h5-7,9-10,18-19H,8,11-14H2,1-4H3. The lowest BCUT2D eigenvalue weighted by Crippen LogP contribution is -2.64. The van der Waals surface area contributed by atoms with E-state index in [9.17, 15) is 9.59 Å². The molecule has 0 aromatic heterocycles. The summed E-state index contributed by atoms with van der Waals surface area (Å²) < 4.78 is 5.19. The number of carbonyl (C=O) groups is 2. The Balaban J connectivity index is 1.56. The first-order chi connectivity index (χ1) is 14.5. The number of nitrogens with zero attached hydrogens (tertiary/aromatic N) is 5. The van der Waals surface area contributed by atoms with E-state index in [2.05, 4.69) is 4.90 Å². The number of carbonyl (C=O) groups excluding carboxylic acids is 2. The van der Waals surface area contributed by atoms with Crippen LogP contribution in [0.15, 0.2) is 46.7 Å². The number of guanidine groups is 1. The summed E-state index contributed by atoms with van der Waals surface area (Å²) in [7, 11) is 3.42. The molecule has 8 heteroatoms. The predicted octanol–water partition coefficient (Wildman–Crippen LogP) is 2.09. The fraction of sp³-hybridized carbons (Fsp3) is 0.500. The molecule has 0 aliphatic carbocycles. The van der Waals surface area contributed by atoms with Crippen molar-refractivity contribution in [2.24, 2.45) is 4.99 Å². The summed E-state index contributed by atoms with van der Waals surface area (Å²) in [4.78, 5) is 38.3. The summed E-state index contributed by atoms with van der Waals surface area (Å²) in [6, 6.07) is 9.11. The van der Waals surface area contributed by atoms with Crippen molar-refractivity contribution < 1.29 is 14.3 Å². The molecule has 1 aromatic rings. The predicted molar refractivity (Wildman–Crippen MR) is 113 cm³/mol. The highest BCUT2D eigenvalue weighted by molar-refractivity contribution is 6.05. The summed E-state index contributed by atoms with van der Waals surface area (Å²) >= 11 is 0. The highest BCUT2D eigenvalue weighted by Crippen LogP contribution is 2.37. The van der Waals surface area contributed by atoms with Gasteiger partial charge in [-0.05, 0) is 32.3 Å². The molecule has 3 aliphatic rings. The van der Waals surface area contributed by atoms with E-state index in [4.69, 9.17) is 9.73 Å². The molecule has 4 rings (SSSR count). The Morgan fingerprint density at radius 1 is 1.03 bits per heavy atom. The van der Waals surface area contributed by atoms with Crippen LogP contribution in [0.2, 0.25) is 0 Å². The van der Waals surface area contributed by atoms with E-state index in [1.54, 1.807) is 19.1 Å². The van der Waals surface area contributed by atoms with Crippen molar-refractivity contribution in [3.8, 4) is 0 Å². The van der Waals surface area contributed by atoms with Gasteiger partial charge in [-0.3, -0.25) is 14.6 Å². The highest BCUT2D eigenvalue weighted by atomic mass is 16.5. The number of aliphatic imine (C=N–C) groups is 1. The van der Waals surface area contributed by atoms with Crippen molar-refractivity contribution in [3.05, 3.63) is 47.3 Å². The van der Waals surface area contributed by atoms with Gasteiger partial charge in [-0.25, -0.2) is 9.79 Å². The Morgan fingerprint density at radius 3 is 2.47 bits per heavy atom. The molecular formula is C22H29N5O3. The minimum atomic E-state index is -0.513. The molecular weight excluding hydrogens is 382 g/mol. The second kappa shape index (κ2) is 8.10. The smallest absolute Gasteiger partial charge is 0.328 e. The van der Waals surface area contributed by atoms with E-state index in [0.717, 1.165) is 35.9 Å². The largest absolute Gasteiger partial charge is 0.385 e.